The molecule has 17 heavy (non-hydrogen) atoms. The molecule has 91 valence electrons. The third-order valence-corrected chi connectivity index (χ3v) is 3.24. The van der Waals surface area contributed by atoms with E-state index in [1.165, 1.54) is 16.8 Å². The minimum atomic E-state index is 0.533. The predicted molar refractivity (Wildman–Crippen MR) is 74.3 cm³/mol. The van der Waals surface area contributed by atoms with Gasteiger partial charge in [-0.1, -0.05) is 45.9 Å². The molecule has 2 rings (SSSR count). The number of benzene rings is 1. The molecule has 0 saturated heterocycles. The van der Waals surface area contributed by atoms with Gasteiger partial charge in [0.15, 0.2) is 6.34 Å². The Morgan fingerprint density at radius 3 is 2.12 bits per heavy atom. The highest BCUT2D eigenvalue weighted by atomic mass is 15.2. The molecule has 0 unspecified atom stereocenters. The summed E-state index contributed by atoms with van der Waals surface area (Å²) in [4.78, 5) is 6.40. The summed E-state index contributed by atoms with van der Waals surface area (Å²) < 4.78 is 0. The molecule has 1 aromatic carbocycles. The number of aliphatic imine (C=N–C) groups is 1. The van der Waals surface area contributed by atoms with Gasteiger partial charge in [0, 0.05) is 12.2 Å². The van der Waals surface area contributed by atoms with Crippen LogP contribution in [-0.2, 0) is 0 Å². The van der Waals surface area contributed by atoms with Crippen LogP contribution in [-0.4, -0.2) is 19.4 Å². The van der Waals surface area contributed by atoms with E-state index in [4.69, 9.17) is 0 Å². The van der Waals surface area contributed by atoms with E-state index in [9.17, 15) is 0 Å². The third-order valence-electron chi connectivity index (χ3n) is 3.24. The molecule has 0 aromatic heterocycles. The van der Waals surface area contributed by atoms with E-state index < -0.39 is 0 Å². The monoisotopic (exact) mass is 229 g/mol. The van der Waals surface area contributed by atoms with Crippen molar-refractivity contribution in [3.8, 4) is 0 Å². The molecular weight excluding hydrogens is 208 g/mol. The Morgan fingerprint density at radius 2 is 1.71 bits per heavy atom. The molecule has 0 spiro atoms. The summed E-state index contributed by atoms with van der Waals surface area (Å²) in [6.07, 6.45) is 3.12. The molecule has 1 aromatic rings. The van der Waals surface area contributed by atoms with Gasteiger partial charge in [-0.2, -0.15) is 0 Å². The summed E-state index contributed by atoms with van der Waals surface area (Å²) in [6, 6.07) is 6.62. The molecule has 0 saturated carbocycles. The van der Waals surface area contributed by atoms with E-state index in [2.05, 4.69) is 62.1 Å². The second kappa shape index (κ2) is 4.91. The molecule has 2 heteroatoms. The zero-order valence-electron chi connectivity index (χ0n) is 11.2. The lowest BCUT2D eigenvalue weighted by atomic mass is 9.92. The van der Waals surface area contributed by atoms with E-state index in [1.54, 1.807) is 0 Å². The Hall–Kier alpha value is -1.31. The van der Waals surface area contributed by atoms with Crippen molar-refractivity contribution in [3.63, 3.8) is 0 Å². The molecule has 2 nitrogen and oxygen atoms in total. The van der Waals surface area contributed by atoms with Crippen molar-refractivity contribution in [1.29, 1.82) is 0 Å². The van der Waals surface area contributed by atoms with Gasteiger partial charge in [0.25, 0.3) is 0 Å². The fourth-order valence-corrected chi connectivity index (χ4v) is 2.32. The van der Waals surface area contributed by atoms with Crippen LogP contribution in [0.25, 0.3) is 0 Å². The standard InChI is InChI=1S/C15H21N2/c1-11(2)13-6-5-7-14(12(3)4)15(13)17-9-8-16-10-17/h5-7,11-12H,8-9H2,1-4H3. The van der Waals surface area contributed by atoms with Gasteiger partial charge in [-0.3, -0.25) is 4.99 Å². The maximum absolute atomic E-state index is 4.22. The zero-order valence-corrected chi connectivity index (χ0v) is 11.2. The van der Waals surface area contributed by atoms with Crippen molar-refractivity contribution in [1.82, 2.24) is 0 Å². The Kier molecular flexibility index (Phi) is 3.51. The maximum Gasteiger partial charge on any atom is 0.171 e. The highest BCUT2D eigenvalue weighted by Gasteiger charge is 2.20. The van der Waals surface area contributed by atoms with Crippen molar-refractivity contribution in [2.24, 2.45) is 4.99 Å². The first kappa shape index (κ1) is 12.2. The van der Waals surface area contributed by atoms with Crippen molar-refractivity contribution in [2.75, 3.05) is 18.0 Å². The number of hydrogen-bond acceptors (Lipinski definition) is 2. The summed E-state index contributed by atoms with van der Waals surface area (Å²) in [5.41, 5.74) is 4.14. The molecule has 0 fully saturated rings. The number of anilines is 1. The molecule has 0 atom stereocenters. The molecule has 1 aliphatic heterocycles. The number of rotatable bonds is 3. The van der Waals surface area contributed by atoms with E-state index in [-0.39, 0.29) is 0 Å². The van der Waals surface area contributed by atoms with Crippen LogP contribution in [0.4, 0.5) is 5.69 Å². The molecule has 0 bridgehead atoms. The van der Waals surface area contributed by atoms with Gasteiger partial charge in [0.1, 0.15) is 0 Å². The zero-order chi connectivity index (χ0) is 12.4. The normalized spacial score (nSPS) is 15.3. The number of nitrogens with zero attached hydrogens (tertiary/aromatic N) is 2. The molecular formula is C15H21N2. The molecule has 0 aliphatic carbocycles. The van der Waals surface area contributed by atoms with Crippen molar-refractivity contribution < 1.29 is 0 Å². The SMILES string of the molecule is CC(C)c1cccc(C(C)C)c1N1[C]=NCC1. The van der Waals surface area contributed by atoms with E-state index in [0.29, 0.717) is 11.8 Å². The van der Waals surface area contributed by atoms with Crippen LogP contribution in [0.2, 0.25) is 0 Å². The average Bonchev–Trinajstić information content (AvgIpc) is 2.80. The van der Waals surface area contributed by atoms with Crippen LogP contribution < -0.4 is 4.90 Å². The van der Waals surface area contributed by atoms with Crippen LogP contribution in [0.15, 0.2) is 23.2 Å². The number of hydrogen-bond donors (Lipinski definition) is 0. The summed E-state index contributed by atoms with van der Waals surface area (Å²) >= 11 is 0. The first-order valence-electron chi connectivity index (χ1n) is 6.43. The first-order valence-corrected chi connectivity index (χ1v) is 6.43. The van der Waals surface area contributed by atoms with Crippen LogP contribution in [0.5, 0.6) is 0 Å². The third kappa shape index (κ3) is 2.36. The lowest BCUT2D eigenvalue weighted by molar-refractivity contribution is 0.824. The maximum atomic E-state index is 4.22. The highest BCUT2D eigenvalue weighted by molar-refractivity contribution is 5.84. The quantitative estimate of drug-likeness (QED) is 0.772. The van der Waals surface area contributed by atoms with Crippen LogP contribution in [0.1, 0.15) is 50.7 Å². The van der Waals surface area contributed by atoms with Gasteiger partial charge in [-0.05, 0) is 23.0 Å². The molecule has 0 amide bonds. The van der Waals surface area contributed by atoms with Gasteiger partial charge in [0.2, 0.25) is 0 Å². The smallest absolute Gasteiger partial charge is 0.171 e. The molecule has 1 radical (unpaired) electrons. The van der Waals surface area contributed by atoms with Crippen molar-refractivity contribution >= 4 is 12.0 Å². The second-order valence-electron chi connectivity index (χ2n) is 5.23. The summed E-state index contributed by atoms with van der Waals surface area (Å²) in [7, 11) is 0. The van der Waals surface area contributed by atoms with Gasteiger partial charge in [-0.25, -0.2) is 0 Å². The highest BCUT2D eigenvalue weighted by Crippen LogP contribution is 2.35. The van der Waals surface area contributed by atoms with Gasteiger partial charge in [0.05, 0.1) is 6.54 Å². The second-order valence-corrected chi connectivity index (χ2v) is 5.23. The Morgan fingerprint density at radius 1 is 1.12 bits per heavy atom. The molecule has 1 heterocycles. The van der Waals surface area contributed by atoms with Gasteiger partial charge >= 0.3 is 0 Å². The molecule has 1 aliphatic rings. The minimum absolute atomic E-state index is 0.533. The topological polar surface area (TPSA) is 15.6 Å². The van der Waals surface area contributed by atoms with E-state index in [1.807, 2.05) is 0 Å². The lowest BCUT2D eigenvalue weighted by Crippen LogP contribution is -2.22. The first-order chi connectivity index (χ1) is 8.11. The lowest BCUT2D eigenvalue weighted by Gasteiger charge is -2.25. The molecule has 0 N–H and O–H groups in total. The van der Waals surface area contributed by atoms with Crippen molar-refractivity contribution in [3.05, 3.63) is 29.3 Å². The number of para-hydroxylation sites is 1. The van der Waals surface area contributed by atoms with Gasteiger partial charge < -0.3 is 4.90 Å². The van der Waals surface area contributed by atoms with E-state index in [0.717, 1.165) is 13.1 Å². The minimum Gasteiger partial charge on any atom is -0.321 e. The summed E-state index contributed by atoms with van der Waals surface area (Å²) in [5, 5.41) is 0. The van der Waals surface area contributed by atoms with Gasteiger partial charge in [-0.15, -0.1) is 0 Å². The van der Waals surface area contributed by atoms with Crippen molar-refractivity contribution in [2.45, 2.75) is 39.5 Å². The average molecular weight is 229 g/mol. The van der Waals surface area contributed by atoms with E-state index >= 15 is 0 Å². The predicted octanol–water partition coefficient (Wildman–Crippen LogP) is 3.66. The Labute approximate surface area is 104 Å². The summed E-state index contributed by atoms with van der Waals surface area (Å²) in [5.74, 6) is 1.07. The van der Waals surface area contributed by atoms with Crippen LogP contribution in [0.3, 0.4) is 0 Å². The summed E-state index contributed by atoms with van der Waals surface area (Å²) in [6.45, 7) is 10.8. The Bertz CT molecular complexity index is 393. The fourth-order valence-electron chi connectivity index (χ4n) is 2.32. The largest absolute Gasteiger partial charge is 0.321 e. The van der Waals surface area contributed by atoms with Crippen LogP contribution in [0, 0.1) is 0 Å². The fraction of sp³-hybridized carbons (Fsp3) is 0.533. The Balaban J connectivity index is 2.53. The van der Waals surface area contributed by atoms with Crippen LogP contribution >= 0.6 is 0 Å².